The molecule has 0 amide bonds. The first-order chi connectivity index (χ1) is 14.7. The lowest BCUT2D eigenvalue weighted by atomic mass is 9.43. The zero-order chi connectivity index (χ0) is 21.9. The molecular weight excluding hydrogens is 432 g/mol. The normalized spacial score (nSPS) is 33.6. The summed E-state index contributed by atoms with van der Waals surface area (Å²) in [6, 6.07) is 10.3. The highest BCUT2D eigenvalue weighted by atomic mass is 35.5. The van der Waals surface area contributed by atoms with E-state index in [1.807, 2.05) is 18.2 Å². The molecular formula is C26H30Cl2FNO. The number of hydrogen-bond donors (Lipinski definition) is 1. The van der Waals surface area contributed by atoms with E-state index >= 15 is 0 Å². The second-order valence-corrected chi connectivity index (χ2v) is 11.8. The van der Waals surface area contributed by atoms with Crippen molar-refractivity contribution in [2.75, 3.05) is 0 Å². The van der Waals surface area contributed by atoms with Crippen molar-refractivity contribution in [3.8, 4) is 5.75 Å². The Hall–Kier alpha value is -1.29. The van der Waals surface area contributed by atoms with Crippen molar-refractivity contribution in [2.24, 2.45) is 16.7 Å². The van der Waals surface area contributed by atoms with Gasteiger partial charge in [0.1, 0.15) is 18.2 Å². The summed E-state index contributed by atoms with van der Waals surface area (Å²) >= 11 is 12.5. The van der Waals surface area contributed by atoms with E-state index in [1.54, 1.807) is 12.1 Å². The molecule has 0 radical (unpaired) electrons. The number of nitrogens with one attached hydrogen (secondary N) is 1. The average Bonchev–Trinajstić information content (AvgIpc) is 2.64. The number of ether oxygens (including phenoxy) is 1. The van der Waals surface area contributed by atoms with E-state index in [2.05, 4.69) is 19.2 Å². The Balaban J connectivity index is 1.34. The maximum atomic E-state index is 14.2. The molecule has 0 aromatic heterocycles. The van der Waals surface area contributed by atoms with Gasteiger partial charge < -0.3 is 10.1 Å². The molecule has 0 spiro atoms. The van der Waals surface area contributed by atoms with Gasteiger partial charge >= 0.3 is 0 Å². The van der Waals surface area contributed by atoms with Crippen LogP contribution in [0.15, 0.2) is 36.4 Å². The summed E-state index contributed by atoms with van der Waals surface area (Å²) in [4.78, 5) is 0. The van der Waals surface area contributed by atoms with Crippen LogP contribution in [0.25, 0.3) is 0 Å². The lowest BCUT2D eigenvalue weighted by Gasteiger charge is -2.65. The Labute approximate surface area is 194 Å². The Morgan fingerprint density at radius 1 is 1.03 bits per heavy atom. The summed E-state index contributed by atoms with van der Waals surface area (Å²) in [5, 5.41) is 5.00. The van der Waals surface area contributed by atoms with Gasteiger partial charge in [-0.15, -0.1) is 0 Å². The zero-order valence-electron chi connectivity index (χ0n) is 18.2. The minimum Gasteiger partial charge on any atom is -0.488 e. The van der Waals surface area contributed by atoms with Crippen molar-refractivity contribution in [1.29, 1.82) is 0 Å². The Bertz CT molecular complexity index is 971. The third kappa shape index (κ3) is 4.21. The molecule has 4 aliphatic rings. The van der Waals surface area contributed by atoms with Crippen LogP contribution in [-0.2, 0) is 13.2 Å². The Morgan fingerprint density at radius 2 is 1.77 bits per heavy atom. The fourth-order valence-electron chi connectivity index (χ4n) is 7.57. The molecule has 4 saturated carbocycles. The molecule has 2 unspecified atom stereocenters. The highest BCUT2D eigenvalue weighted by Gasteiger charge is 2.59. The summed E-state index contributed by atoms with van der Waals surface area (Å²) in [7, 11) is 0. The van der Waals surface area contributed by atoms with Crippen molar-refractivity contribution < 1.29 is 9.13 Å². The fraction of sp³-hybridized carbons (Fsp3) is 0.538. The van der Waals surface area contributed by atoms with Gasteiger partial charge in [0.25, 0.3) is 0 Å². The quantitative estimate of drug-likeness (QED) is 0.479. The molecule has 0 saturated heterocycles. The van der Waals surface area contributed by atoms with Crippen LogP contribution in [-0.4, -0.2) is 5.54 Å². The van der Waals surface area contributed by atoms with E-state index in [-0.39, 0.29) is 18.0 Å². The molecule has 0 aliphatic heterocycles. The topological polar surface area (TPSA) is 21.3 Å². The molecule has 2 aromatic rings. The van der Waals surface area contributed by atoms with Gasteiger partial charge in [-0.25, -0.2) is 4.39 Å². The van der Waals surface area contributed by atoms with Crippen LogP contribution in [0, 0.1) is 22.6 Å². The van der Waals surface area contributed by atoms with Gasteiger partial charge in [-0.1, -0.05) is 43.1 Å². The maximum absolute atomic E-state index is 14.2. The average molecular weight is 462 g/mol. The molecule has 1 N–H and O–H groups in total. The molecule has 2 atom stereocenters. The third-order valence-electron chi connectivity index (χ3n) is 7.74. The fourth-order valence-corrected chi connectivity index (χ4v) is 7.99. The molecule has 6 rings (SSSR count). The van der Waals surface area contributed by atoms with Crippen LogP contribution >= 0.6 is 23.2 Å². The molecule has 0 heterocycles. The van der Waals surface area contributed by atoms with E-state index in [0.29, 0.717) is 33.0 Å². The highest BCUT2D eigenvalue weighted by molar-refractivity contribution is 6.31. The summed E-state index contributed by atoms with van der Waals surface area (Å²) < 4.78 is 20.2. The minimum absolute atomic E-state index is 0.0868. The predicted molar refractivity (Wildman–Crippen MR) is 124 cm³/mol. The van der Waals surface area contributed by atoms with Crippen LogP contribution in [0.2, 0.25) is 10.0 Å². The van der Waals surface area contributed by atoms with Crippen LogP contribution < -0.4 is 10.1 Å². The molecule has 31 heavy (non-hydrogen) atoms. The van der Waals surface area contributed by atoms with Crippen molar-refractivity contribution in [2.45, 2.75) is 71.1 Å². The SMILES string of the molecule is CC12CC3CC(C)(C1)CC(NCc1cc(Cl)ccc1OCc1c(F)cccc1Cl)(C3)C2. The first-order valence-corrected chi connectivity index (χ1v) is 12.0. The Morgan fingerprint density at radius 3 is 2.45 bits per heavy atom. The van der Waals surface area contributed by atoms with Gasteiger partial charge in [0, 0.05) is 28.2 Å². The monoisotopic (exact) mass is 461 g/mol. The van der Waals surface area contributed by atoms with E-state index < -0.39 is 0 Å². The van der Waals surface area contributed by atoms with Gasteiger partial charge in [0.2, 0.25) is 0 Å². The molecule has 2 nitrogen and oxygen atoms in total. The molecule has 4 bridgehead atoms. The van der Waals surface area contributed by atoms with Gasteiger partial charge in [-0.05, 0) is 85.6 Å². The molecule has 2 aromatic carbocycles. The number of hydrogen-bond acceptors (Lipinski definition) is 2. The van der Waals surface area contributed by atoms with E-state index in [0.717, 1.165) is 17.2 Å². The van der Waals surface area contributed by atoms with E-state index in [9.17, 15) is 4.39 Å². The highest BCUT2D eigenvalue weighted by Crippen LogP contribution is 2.66. The molecule has 166 valence electrons. The smallest absolute Gasteiger partial charge is 0.131 e. The minimum atomic E-state index is -0.351. The first kappa shape index (κ1) is 21.6. The lowest BCUT2D eigenvalue weighted by Crippen LogP contribution is -2.63. The van der Waals surface area contributed by atoms with Crippen molar-refractivity contribution in [1.82, 2.24) is 5.32 Å². The van der Waals surface area contributed by atoms with Crippen molar-refractivity contribution in [3.63, 3.8) is 0 Å². The Kier molecular flexibility index (Phi) is 5.31. The molecule has 4 aliphatic carbocycles. The van der Waals surface area contributed by atoms with E-state index in [1.165, 1.54) is 44.6 Å². The largest absolute Gasteiger partial charge is 0.488 e. The first-order valence-electron chi connectivity index (χ1n) is 11.3. The summed E-state index contributed by atoms with van der Waals surface area (Å²) in [6.45, 7) is 5.75. The summed E-state index contributed by atoms with van der Waals surface area (Å²) in [5.74, 6) is 1.20. The summed E-state index contributed by atoms with van der Waals surface area (Å²) in [5.41, 5.74) is 2.48. The maximum Gasteiger partial charge on any atom is 0.131 e. The zero-order valence-corrected chi connectivity index (χ0v) is 19.8. The molecule has 5 heteroatoms. The summed E-state index contributed by atoms with van der Waals surface area (Å²) in [6.07, 6.45) is 7.86. The van der Waals surface area contributed by atoms with Crippen molar-refractivity contribution >= 4 is 23.2 Å². The van der Waals surface area contributed by atoms with Gasteiger partial charge in [0.05, 0.1) is 5.02 Å². The third-order valence-corrected chi connectivity index (χ3v) is 8.33. The van der Waals surface area contributed by atoms with Gasteiger partial charge in [0.15, 0.2) is 0 Å². The van der Waals surface area contributed by atoms with Gasteiger partial charge in [-0.3, -0.25) is 0 Å². The second kappa shape index (κ2) is 7.64. The van der Waals surface area contributed by atoms with Gasteiger partial charge in [-0.2, -0.15) is 0 Å². The van der Waals surface area contributed by atoms with Crippen LogP contribution in [0.5, 0.6) is 5.75 Å². The number of benzene rings is 2. The van der Waals surface area contributed by atoms with Crippen molar-refractivity contribution in [3.05, 3.63) is 63.4 Å². The predicted octanol–water partition coefficient (Wildman–Crippen LogP) is 7.55. The van der Waals surface area contributed by atoms with Crippen LogP contribution in [0.1, 0.15) is 63.5 Å². The molecule has 4 fully saturated rings. The van der Waals surface area contributed by atoms with E-state index in [4.69, 9.17) is 27.9 Å². The lowest BCUT2D eigenvalue weighted by molar-refractivity contribution is -0.118. The van der Waals surface area contributed by atoms with Crippen LogP contribution in [0.4, 0.5) is 4.39 Å². The second-order valence-electron chi connectivity index (χ2n) is 11.0. The van der Waals surface area contributed by atoms with Crippen LogP contribution in [0.3, 0.4) is 0 Å². The number of rotatable bonds is 6. The number of halogens is 3. The standard InChI is InChI=1S/C26H30Cl2FNO/c1-24-9-17-10-25(2,14-24)16-26(11-17,15-24)30-12-18-8-19(27)6-7-23(18)31-13-20-21(28)4-3-5-22(20)29/h3-8,17,30H,9-16H2,1-2H3.